The van der Waals surface area contributed by atoms with Gasteiger partial charge in [0.25, 0.3) is 0 Å². The van der Waals surface area contributed by atoms with E-state index in [9.17, 15) is 4.39 Å². The molecular weight excluding hydrogens is 490 g/mol. The fourth-order valence-electron chi connectivity index (χ4n) is 3.71. The molecule has 1 saturated heterocycles. The minimum atomic E-state index is -0.381. The van der Waals surface area contributed by atoms with Crippen LogP contribution in [0.3, 0.4) is 0 Å². The Balaban J connectivity index is 0.00000280. The number of aryl methyl sites for hydroxylation is 1. The Bertz CT molecular complexity index is 830. The molecule has 2 unspecified atom stereocenters. The largest absolute Gasteiger partial charge is 0.370 e. The van der Waals surface area contributed by atoms with E-state index >= 15 is 0 Å². The maximum absolute atomic E-state index is 13.9. The Morgan fingerprint density at radius 3 is 2.82 bits per heavy atom. The Morgan fingerprint density at radius 1 is 1.32 bits per heavy atom. The van der Waals surface area contributed by atoms with E-state index in [-0.39, 0.29) is 46.8 Å². The fraction of sp³-hybridized carbons (Fsp3) is 0.381. The Morgan fingerprint density at radius 2 is 2.11 bits per heavy atom. The van der Waals surface area contributed by atoms with E-state index in [4.69, 9.17) is 17.3 Å². The van der Waals surface area contributed by atoms with Gasteiger partial charge in [-0.2, -0.15) is 0 Å². The monoisotopic (exact) mass is 516 g/mol. The summed E-state index contributed by atoms with van der Waals surface area (Å²) in [5, 5.41) is 3.31. The van der Waals surface area contributed by atoms with E-state index in [1.54, 1.807) is 6.07 Å². The van der Waals surface area contributed by atoms with Crippen LogP contribution in [-0.4, -0.2) is 31.0 Å². The third-order valence-corrected chi connectivity index (χ3v) is 5.47. The second-order valence-corrected chi connectivity index (χ2v) is 7.46. The van der Waals surface area contributed by atoms with Crippen LogP contribution in [0.5, 0.6) is 0 Å². The third kappa shape index (κ3) is 5.58. The highest BCUT2D eigenvalue weighted by atomic mass is 127. The van der Waals surface area contributed by atoms with Gasteiger partial charge in [0.1, 0.15) is 5.82 Å². The molecule has 3 rings (SSSR count). The topological polar surface area (TPSA) is 53.6 Å². The molecule has 2 aromatic carbocycles. The summed E-state index contributed by atoms with van der Waals surface area (Å²) in [6.07, 6.45) is 1.97. The van der Waals surface area contributed by atoms with Crippen LogP contribution in [0.2, 0.25) is 5.02 Å². The number of benzene rings is 2. The van der Waals surface area contributed by atoms with Gasteiger partial charge in [-0.25, -0.2) is 4.39 Å². The molecular formula is C21H27ClFIN4. The summed E-state index contributed by atoms with van der Waals surface area (Å²) in [7, 11) is 2.05. The lowest BCUT2D eigenvalue weighted by Gasteiger charge is -2.25. The molecule has 0 spiro atoms. The van der Waals surface area contributed by atoms with Gasteiger partial charge >= 0.3 is 0 Å². The summed E-state index contributed by atoms with van der Waals surface area (Å²) >= 11 is 5.83. The smallest absolute Gasteiger partial charge is 0.193 e. The molecule has 2 atom stereocenters. The fourth-order valence-corrected chi connectivity index (χ4v) is 3.83. The summed E-state index contributed by atoms with van der Waals surface area (Å²) in [6, 6.07) is 13.3. The predicted molar refractivity (Wildman–Crippen MR) is 126 cm³/mol. The first-order valence-corrected chi connectivity index (χ1v) is 9.66. The molecule has 1 aliphatic heterocycles. The number of halogens is 3. The highest BCUT2D eigenvalue weighted by Crippen LogP contribution is 2.37. The van der Waals surface area contributed by atoms with Crippen molar-refractivity contribution in [1.82, 2.24) is 4.90 Å². The Kier molecular flexibility index (Phi) is 8.52. The zero-order valence-corrected chi connectivity index (χ0v) is 19.2. The molecule has 28 heavy (non-hydrogen) atoms. The number of aliphatic imine (C=N–C) groups is 1. The maximum atomic E-state index is 13.9. The van der Waals surface area contributed by atoms with Crippen LogP contribution in [0, 0.1) is 11.7 Å². The number of hydrogen-bond donors (Lipinski definition) is 2. The van der Waals surface area contributed by atoms with Gasteiger partial charge in [0.2, 0.25) is 0 Å². The first-order valence-electron chi connectivity index (χ1n) is 9.29. The molecule has 0 radical (unpaired) electrons. The number of nitrogens with zero attached hydrogens (tertiary/aromatic N) is 2. The summed E-state index contributed by atoms with van der Waals surface area (Å²) in [5.41, 5.74) is 9.20. The van der Waals surface area contributed by atoms with Crippen molar-refractivity contribution in [3.8, 4) is 0 Å². The molecule has 0 aromatic heterocycles. The molecule has 1 heterocycles. The van der Waals surface area contributed by atoms with E-state index in [1.807, 2.05) is 18.2 Å². The van der Waals surface area contributed by atoms with Crippen molar-refractivity contribution < 1.29 is 4.39 Å². The highest BCUT2D eigenvalue weighted by Gasteiger charge is 2.33. The second-order valence-electron chi connectivity index (χ2n) is 7.05. The van der Waals surface area contributed by atoms with Gasteiger partial charge in [-0.3, -0.25) is 9.89 Å². The van der Waals surface area contributed by atoms with Crippen molar-refractivity contribution in [3.63, 3.8) is 0 Å². The van der Waals surface area contributed by atoms with Crippen LogP contribution >= 0.6 is 35.6 Å². The highest BCUT2D eigenvalue weighted by molar-refractivity contribution is 14.0. The average Bonchev–Trinajstić information content (AvgIpc) is 3.03. The maximum Gasteiger partial charge on any atom is 0.193 e. The SMILES string of the molecule is CCc1cccc(NC(N)=NCC2CCN(C)C2c2ccc(Cl)c(F)c2)c1.I. The molecule has 4 nitrogen and oxygen atoms in total. The lowest BCUT2D eigenvalue weighted by atomic mass is 9.94. The zero-order valence-electron chi connectivity index (χ0n) is 16.2. The van der Waals surface area contributed by atoms with Crippen molar-refractivity contribution in [1.29, 1.82) is 0 Å². The van der Waals surface area contributed by atoms with Crippen LogP contribution in [0.15, 0.2) is 47.5 Å². The van der Waals surface area contributed by atoms with Gasteiger partial charge in [-0.05, 0) is 67.7 Å². The van der Waals surface area contributed by atoms with Crippen LogP contribution in [0.1, 0.15) is 30.5 Å². The molecule has 0 bridgehead atoms. The van der Waals surface area contributed by atoms with E-state index < -0.39 is 0 Å². The van der Waals surface area contributed by atoms with Gasteiger partial charge in [0, 0.05) is 18.3 Å². The number of nitrogens with one attached hydrogen (secondary N) is 1. The standard InChI is InChI=1S/C21H26ClFN4.HI/c1-3-14-5-4-6-17(11-14)26-21(24)25-13-16-9-10-27(2)20(16)15-7-8-18(22)19(23)12-15;/h4-8,11-12,16,20H,3,9-10,13H2,1-2H3,(H3,24,25,26);1H. The zero-order chi connectivity index (χ0) is 19.4. The van der Waals surface area contributed by atoms with Crippen LogP contribution in [0.4, 0.5) is 10.1 Å². The number of nitrogens with two attached hydrogens (primary N) is 1. The molecule has 2 aromatic rings. The number of likely N-dealkylation sites (tertiary alicyclic amines) is 1. The van der Waals surface area contributed by atoms with Crippen molar-refractivity contribution >= 4 is 47.2 Å². The van der Waals surface area contributed by atoms with Crippen molar-refractivity contribution in [2.24, 2.45) is 16.6 Å². The van der Waals surface area contributed by atoms with Crippen LogP contribution in [-0.2, 0) is 6.42 Å². The van der Waals surface area contributed by atoms with Gasteiger partial charge in [0.05, 0.1) is 5.02 Å². The van der Waals surface area contributed by atoms with Crippen molar-refractivity contribution in [3.05, 3.63) is 64.4 Å². The minimum Gasteiger partial charge on any atom is -0.370 e. The summed E-state index contributed by atoms with van der Waals surface area (Å²) in [6.45, 7) is 3.65. The quantitative estimate of drug-likeness (QED) is 0.331. The molecule has 0 amide bonds. The van der Waals surface area contributed by atoms with E-state index in [0.29, 0.717) is 12.5 Å². The molecule has 0 saturated carbocycles. The number of guanidine groups is 1. The van der Waals surface area contributed by atoms with Gasteiger partial charge in [0.15, 0.2) is 5.96 Å². The summed E-state index contributed by atoms with van der Waals surface area (Å²) in [5.74, 6) is 0.297. The lowest BCUT2D eigenvalue weighted by molar-refractivity contribution is 0.279. The number of rotatable bonds is 5. The molecule has 1 aliphatic rings. The number of anilines is 1. The van der Waals surface area contributed by atoms with E-state index in [0.717, 1.165) is 30.6 Å². The Labute approximate surface area is 188 Å². The van der Waals surface area contributed by atoms with Gasteiger partial charge in [-0.15, -0.1) is 24.0 Å². The minimum absolute atomic E-state index is 0. The average molecular weight is 517 g/mol. The van der Waals surface area contributed by atoms with Gasteiger partial charge < -0.3 is 11.1 Å². The first-order chi connectivity index (χ1) is 13.0. The van der Waals surface area contributed by atoms with Crippen LogP contribution in [0.25, 0.3) is 0 Å². The normalized spacial score (nSPS) is 20.1. The molecule has 7 heteroatoms. The third-order valence-electron chi connectivity index (χ3n) is 5.16. The molecule has 152 valence electrons. The summed E-state index contributed by atoms with van der Waals surface area (Å²) < 4.78 is 13.9. The lowest BCUT2D eigenvalue weighted by Crippen LogP contribution is -2.26. The molecule has 3 N–H and O–H groups in total. The van der Waals surface area contributed by atoms with E-state index in [2.05, 4.69) is 41.3 Å². The number of hydrogen-bond acceptors (Lipinski definition) is 2. The van der Waals surface area contributed by atoms with Gasteiger partial charge in [-0.1, -0.05) is 36.7 Å². The molecule has 1 fully saturated rings. The summed E-state index contributed by atoms with van der Waals surface area (Å²) in [4.78, 5) is 6.78. The van der Waals surface area contributed by atoms with Crippen molar-refractivity contribution in [2.45, 2.75) is 25.8 Å². The van der Waals surface area contributed by atoms with Crippen LogP contribution < -0.4 is 11.1 Å². The first kappa shape index (κ1) is 22.9. The van der Waals surface area contributed by atoms with Crippen molar-refractivity contribution in [2.75, 3.05) is 25.5 Å². The molecule has 0 aliphatic carbocycles. The predicted octanol–water partition coefficient (Wildman–Crippen LogP) is 5.08. The second kappa shape index (κ2) is 10.4. The Hall–Kier alpha value is -1.38. The van der Waals surface area contributed by atoms with E-state index in [1.165, 1.54) is 11.6 Å².